The Hall–Kier alpha value is -1.32. The van der Waals surface area contributed by atoms with Crippen LogP contribution in [0, 0.1) is 0 Å². The van der Waals surface area contributed by atoms with Gasteiger partial charge in [-0.05, 0) is 24.1 Å². The number of nitrogens with zero attached hydrogens (tertiary/aromatic N) is 2. The van der Waals surface area contributed by atoms with Crippen LogP contribution in [-0.4, -0.2) is 14.7 Å². The molecule has 0 saturated heterocycles. The number of hydrogen-bond donors (Lipinski definition) is 1. The first kappa shape index (κ1) is 12.1. The second-order valence-electron chi connectivity index (χ2n) is 4.06. The standard InChI is InChI=1S/C13H15ClN2O/c1-16-9-8-15-13(16)7-6-12(17)10-2-4-11(14)5-3-10/h2-5,8-9,12,17H,6-7H2,1H3. The Bertz CT molecular complexity index is 478. The summed E-state index contributed by atoms with van der Waals surface area (Å²) < 4.78 is 1.97. The van der Waals surface area contributed by atoms with Crippen molar-refractivity contribution in [2.45, 2.75) is 18.9 Å². The predicted molar refractivity (Wildman–Crippen MR) is 67.9 cm³/mol. The Morgan fingerprint density at radius 2 is 2.06 bits per heavy atom. The Morgan fingerprint density at radius 3 is 2.65 bits per heavy atom. The van der Waals surface area contributed by atoms with Gasteiger partial charge in [0.1, 0.15) is 5.82 Å². The van der Waals surface area contributed by atoms with E-state index >= 15 is 0 Å². The van der Waals surface area contributed by atoms with E-state index < -0.39 is 6.10 Å². The minimum atomic E-state index is -0.469. The Kier molecular flexibility index (Phi) is 3.82. The maximum Gasteiger partial charge on any atom is 0.108 e. The molecular weight excluding hydrogens is 236 g/mol. The van der Waals surface area contributed by atoms with Gasteiger partial charge in [-0.1, -0.05) is 23.7 Å². The van der Waals surface area contributed by atoms with Gasteiger partial charge in [-0.2, -0.15) is 0 Å². The average Bonchev–Trinajstić information content (AvgIpc) is 2.73. The topological polar surface area (TPSA) is 38.0 Å². The first-order valence-corrected chi connectivity index (χ1v) is 5.94. The smallest absolute Gasteiger partial charge is 0.108 e. The molecule has 3 nitrogen and oxygen atoms in total. The molecule has 0 fully saturated rings. The average molecular weight is 251 g/mol. The highest BCUT2D eigenvalue weighted by molar-refractivity contribution is 6.30. The summed E-state index contributed by atoms with van der Waals surface area (Å²) in [7, 11) is 1.96. The van der Waals surface area contributed by atoms with E-state index in [2.05, 4.69) is 4.98 Å². The van der Waals surface area contributed by atoms with Gasteiger partial charge in [0.05, 0.1) is 6.10 Å². The lowest BCUT2D eigenvalue weighted by atomic mass is 10.0. The van der Waals surface area contributed by atoms with Crippen LogP contribution in [0.2, 0.25) is 5.02 Å². The zero-order chi connectivity index (χ0) is 12.3. The van der Waals surface area contributed by atoms with Crippen molar-refractivity contribution in [2.75, 3.05) is 0 Å². The molecule has 0 aliphatic carbocycles. The van der Waals surface area contributed by atoms with Crippen molar-refractivity contribution >= 4 is 11.6 Å². The summed E-state index contributed by atoms with van der Waals surface area (Å²) in [5, 5.41) is 10.7. The molecule has 2 aromatic rings. The van der Waals surface area contributed by atoms with E-state index in [0.29, 0.717) is 11.4 Å². The maximum atomic E-state index is 10.0. The fraction of sp³-hybridized carbons (Fsp3) is 0.308. The molecule has 0 aliphatic heterocycles. The van der Waals surface area contributed by atoms with Gasteiger partial charge in [0, 0.05) is 30.9 Å². The van der Waals surface area contributed by atoms with Crippen LogP contribution in [-0.2, 0) is 13.5 Å². The summed E-state index contributed by atoms with van der Waals surface area (Å²) in [6, 6.07) is 7.29. The molecule has 0 amide bonds. The number of benzene rings is 1. The van der Waals surface area contributed by atoms with Gasteiger partial charge >= 0.3 is 0 Å². The Labute approximate surface area is 106 Å². The summed E-state index contributed by atoms with van der Waals surface area (Å²) in [6.07, 6.45) is 4.62. The quantitative estimate of drug-likeness (QED) is 0.906. The summed E-state index contributed by atoms with van der Waals surface area (Å²) in [6.45, 7) is 0. The zero-order valence-corrected chi connectivity index (χ0v) is 10.4. The Balaban J connectivity index is 1.95. The van der Waals surface area contributed by atoms with Crippen molar-refractivity contribution in [1.29, 1.82) is 0 Å². The van der Waals surface area contributed by atoms with Gasteiger partial charge in [0.2, 0.25) is 0 Å². The van der Waals surface area contributed by atoms with E-state index in [-0.39, 0.29) is 0 Å². The third-order valence-corrected chi connectivity index (χ3v) is 3.07. The minimum absolute atomic E-state index is 0.469. The molecule has 1 unspecified atom stereocenters. The first-order valence-electron chi connectivity index (χ1n) is 5.56. The molecular formula is C13H15ClN2O. The highest BCUT2D eigenvalue weighted by atomic mass is 35.5. The second kappa shape index (κ2) is 5.34. The van der Waals surface area contributed by atoms with E-state index in [1.165, 1.54) is 0 Å². The molecule has 0 spiro atoms. The number of imidazole rings is 1. The van der Waals surface area contributed by atoms with Gasteiger partial charge in [-0.15, -0.1) is 0 Å². The monoisotopic (exact) mass is 250 g/mol. The molecule has 1 aromatic carbocycles. The van der Waals surface area contributed by atoms with E-state index in [1.807, 2.05) is 29.9 Å². The number of hydrogen-bond acceptors (Lipinski definition) is 2. The van der Waals surface area contributed by atoms with Crippen LogP contribution in [0.15, 0.2) is 36.7 Å². The molecule has 17 heavy (non-hydrogen) atoms. The van der Waals surface area contributed by atoms with Crippen LogP contribution in [0.1, 0.15) is 23.9 Å². The minimum Gasteiger partial charge on any atom is -0.388 e. The van der Waals surface area contributed by atoms with Gasteiger partial charge in [-0.25, -0.2) is 4.98 Å². The lowest BCUT2D eigenvalue weighted by molar-refractivity contribution is 0.167. The highest BCUT2D eigenvalue weighted by Crippen LogP contribution is 2.20. The molecule has 1 heterocycles. The van der Waals surface area contributed by atoms with E-state index in [0.717, 1.165) is 17.8 Å². The lowest BCUT2D eigenvalue weighted by Gasteiger charge is -2.10. The van der Waals surface area contributed by atoms with Crippen LogP contribution < -0.4 is 0 Å². The summed E-state index contributed by atoms with van der Waals surface area (Å²) in [4.78, 5) is 4.23. The van der Waals surface area contributed by atoms with Gasteiger partial charge in [-0.3, -0.25) is 0 Å². The fourth-order valence-corrected chi connectivity index (χ4v) is 1.88. The van der Waals surface area contributed by atoms with Crippen LogP contribution in [0.4, 0.5) is 0 Å². The van der Waals surface area contributed by atoms with Crippen molar-refractivity contribution in [2.24, 2.45) is 7.05 Å². The van der Waals surface area contributed by atoms with Crippen molar-refractivity contribution in [3.05, 3.63) is 53.1 Å². The van der Waals surface area contributed by atoms with Crippen LogP contribution >= 0.6 is 11.6 Å². The van der Waals surface area contributed by atoms with Crippen molar-refractivity contribution in [3.63, 3.8) is 0 Å². The number of rotatable bonds is 4. The molecule has 90 valence electrons. The van der Waals surface area contributed by atoms with E-state index in [4.69, 9.17) is 11.6 Å². The zero-order valence-electron chi connectivity index (χ0n) is 9.68. The van der Waals surface area contributed by atoms with Crippen molar-refractivity contribution < 1.29 is 5.11 Å². The molecule has 1 aromatic heterocycles. The van der Waals surface area contributed by atoms with E-state index in [9.17, 15) is 5.11 Å². The molecule has 1 atom stereocenters. The summed E-state index contributed by atoms with van der Waals surface area (Å²) in [5.41, 5.74) is 0.892. The van der Waals surface area contributed by atoms with E-state index in [1.54, 1.807) is 18.3 Å². The lowest BCUT2D eigenvalue weighted by Crippen LogP contribution is -2.03. The number of halogens is 1. The van der Waals surface area contributed by atoms with Gasteiger partial charge < -0.3 is 9.67 Å². The third kappa shape index (κ3) is 3.08. The molecule has 4 heteroatoms. The van der Waals surface area contributed by atoms with Crippen LogP contribution in [0.25, 0.3) is 0 Å². The Morgan fingerprint density at radius 1 is 1.35 bits per heavy atom. The predicted octanol–water partition coefficient (Wildman–Crippen LogP) is 2.74. The molecule has 0 aliphatic rings. The van der Waals surface area contributed by atoms with Crippen LogP contribution in [0.3, 0.4) is 0 Å². The molecule has 2 rings (SSSR count). The maximum absolute atomic E-state index is 10.0. The number of aryl methyl sites for hydroxylation is 2. The van der Waals surface area contributed by atoms with Crippen molar-refractivity contribution in [1.82, 2.24) is 9.55 Å². The summed E-state index contributed by atoms with van der Waals surface area (Å²) >= 11 is 5.80. The molecule has 0 bridgehead atoms. The number of aliphatic hydroxyl groups is 1. The largest absolute Gasteiger partial charge is 0.388 e. The summed E-state index contributed by atoms with van der Waals surface area (Å²) in [5.74, 6) is 0.984. The normalized spacial score (nSPS) is 12.6. The molecule has 1 N–H and O–H groups in total. The highest BCUT2D eigenvalue weighted by Gasteiger charge is 2.09. The molecule has 0 radical (unpaired) electrons. The SMILES string of the molecule is Cn1ccnc1CCC(O)c1ccc(Cl)cc1. The third-order valence-electron chi connectivity index (χ3n) is 2.82. The second-order valence-corrected chi connectivity index (χ2v) is 4.50. The number of aliphatic hydroxyl groups excluding tert-OH is 1. The first-order chi connectivity index (χ1) is 8.16. The molecule has 0 saturated carbocycles. The van der Waals surface area contributed by atoms with Crippen LogP contribution in [0.5, 0.6) is 0 Å². The number of aromatic nitrogens is 2. The van der Waals surface area contributed by atoms with Gasteiger partial charge in [0.25, 0.3) is 0 Å². The van der Waals surface area contributed by atoms with Crippen molar-refractivity contribution in [3.8, 4) is 0 Å². The fourth-order valence-electron chi connectivity index (χ4n) is 1.75. The van der Waals surface area contributed by atoms with Gasteiger partial charge in [0.15, 0.2) is 0 Å².